The van der Waals surface area contributed by atoms with Gasteiger partial charge in [-0.15, -0.1) is 0 Å². The molecule has 0 saturated heterocycles. The lowest BCUT2D eigenvalue weighted by atomic mass is 9.69. The highest BCUT2D eigenvalue weighted by molar-refractivity contribution is 5.87. The fraction of sp³-hybridized carbons (Fsp3) is 0.531. The van der Waals surface area contributed by atoms with Gasteiger partial charge in [-0.2, -0.15) is 0 Å². The summed E-state index contributed by atoms with van der Waals surface area (Å²) in [5.74, 6) is -2.95. The molecule has 1 unspecified atom stereocenters. The fourth-order valence-electron chi connectivity index (χ4n) is 5.10. The molecule has 0 aliphatic rings. The van der Waals surface area contributed by atoms with Gasteiger partial charge >= 0.3 is 11.9 Å². The number of carbonyl (C=O) groups is 3. The number of aryl methyl sites for hydroxylation is 3. The molecule has 0 fully saturated rings. The van der Waals surface area contributed by atoms with Crippen LogP contribution in [0, 0.1) is 19.3 Å². The number of aliphatic carboxylic acids is 2. The van der Waals surface area contributed by atoms with Crippen molar-refractivity contribution in [3.63, 3.8) is 0 Å². The number of carbonyl (C=O) groups excluding carboxylic acids is 1. The summed E-state index contributed by atoms with van der Waals surface area (Å²) >= 11 is 0. The number of aliphatic hydroxyl groups excluding tert-OH is 1. The van der Waals surface area contributed by atoms with Crippen LogP contribution >= 0.6 is 0 Å². The van der Waals surface area contributed by atoms with Crippen molar-refractivity contribution in [3.8, 4) is 5.75 Å². The SMILES string of the molecule is CCC(CC)(c1ccc(CC[C@H](O)C(C)(C)C)c(C)c1)c1ccc(OCC(=O)NC(CC(=O)O)C(=O)O)c(C)c1. The van der Waals surface area contributed by atoms with E-state index in [1.807, 2.05) is 19.1 Å². The van der Waals surface area contributed by atoms with E-state index in [4.69, 9.17) is 14.9 Å². The van der Waals surface area contributed by atoms with Crippen molar-refractivity contribution in [3.05, 3.63) is 64.2 Å². The molecule has 0 saturated carbocycles. The van der Waals surface area contributed by atoms with Gasteiger partial charge in [0.1, 0.15) is 11.8 Å². The van der Waals surface area contributed by atoms with Crippen LogP contribution in [0.25, 0.3) is 0 Å². The summed E-state index contributed by atoms with van der Waals surface area (Å²) in [7, 11) is 0. The summed E-state index contributed by atoms with van der Waals surface area (Å²) < 4.78 is 5.66. The molecule has 1 amide bonds. The number of rotatable bonds is 14. The molecule has 0 spiro atoms. The third kappa shape index (κ3) is 8.31. The summed E-state index contributed by atoms with van der Waals surface area (Å²) in [5, 5.41) is 30.6. The van der Waals surface area contributed by atoms with Crippen molar-refractivity contribution >= 4 is 17.8 Å². The van der Waals surface area contributed by atoms with Crippen molar-refractivity contribution < 1.29 is 34.4 Å². The van der Waals surface area contributed by atoms with Gasteiger partial charge in [-0.25, -0.2) is 4.79 Å². The summed E-state index contributed by atoms with van der Waals surface area (Å²) in [5.41, 5.74) is 5.26. The molecule has 2 aromatic rings. The Morgan fingerprint density at radius 2 is 1.50 bits per heavy atom. The van der Waals surface area contributed by atoms with Gasteiger partial charge in [-0.05, 0) is 78.8 Å². The van der Waals surface area contributed by atoms with Crippen molar-refractivity contribution in [2.24, 2.45) is 5.41 Å². The topological polar surface area (TPSA) is 133 Å². The van der Waals surface area contributed by atoms with Crippen molar-refractivity contribution in [2.45, 2.75) is 98.1 Å². The Labute approximate surface area is 237 Å². The van der Waals surface area contributed by atoms with Gasteiger partial charge in [-0.1, -0.05) is 65.0 Å². The maximum absolute atomic E-state index is 12.2. The molecule has 0 aliphatic heterocycles. The van der Waals surface area contributed by atoms with E-state index >= 15 is 0 Å². The van der Waals surface area contributed by atoms with E-state index in [2.05, 4.69) is 71.1 Å². The van der Waals surface area contributed by atoms with Gasteiger partial charge in [0.05, 0.1) is 12.5 Å². The fourth-order valence-corrected chi connectivity index (χ4v) is 5.10. The Balaban J connectivity index is 2.22. The van der Waals surface area contributed by atoms with E-state index in [-0.39, 0.29) is 16.9 Å². The van der Waals surface area contributed by atoms with Crippen LogP contribution in [0.5, 0.6) is 5.75 Å². The first-order chi connectivity index (χ1) is 18.6. The summed E-state index contributed by atoms with van der Waals surface area (Å²) in [4.78, 5) is 34.3. The van der Waals surface area contributed by atoms with E-state index in [1.54, 1.807) is 0 Å². The minimum atomic E-state index is -1.52. The van der Waals surface area contributed by atoms with E-state index in [9.17, 15) is 19.5 Å². The lowest BCUT2D eigenvalue weighted by molar-refractivity contribution is -0.147. The quantitative estimate of drug-likeness (QED) is 0.253. The molecular formula is C32H45NO7. The maximum atomic E-state index is 12.2. The standard InChI is InChI=1S/C32H45NO7/c1-8-32(9-2,23-12-10-22(20(3)16-23)11-15-27(34)31(5,6)7)24-13-14-26(21(4)17-24)40-19-28(35)33-25(30(38)39)18-29(36)37/h10,12-14,16-17,25,27,34H,8-9,11,15,18-19H2,1-7H3,(H,33,35)(H,36,37)(H,38,39)/t25?,27-/m0/s1. The third-order valence-corrected chi connectivity index (χ3v) is 7.89. The normalized spacial score (nSPS) is 13.4. The molecule has 2 aromatic carbocycles. The number of carboxylic acid groups (broad SMARTS) is 2. The number of amides is 1. The number of carboxylic acids is 2. The van der Waals surface area contributed by atoms with Crippen molar-refractivity contribution in [2.75, 3.05) is 6.61 Å². The van der Waals surface area contributed by atoms with Crippen molar-refractivity contribution in [1.82, 2.24) is 5.32 Å². The monoisotopic (exact) mass is 555 g/mol. The smallest absolute Gasteiger partial charge is 0.326 e. The lowest BCUT2D eigenvalue weighted by Crippen LogP contribution is -2.44. The minimum Gasteiger partial charge on any atom is -0.484 e. The van der Waals surface area contributed by atoms with E-state index in [1.165, 1.54) is 16.7 Å². The molecule has 0 aromatic heterocycles. The average molecular weight is 556 g/mol. The zero-order valence-electron chi connectivity index (χ0n) is 24.8. The van der Waals surface area contributed by atoms with Crippen LogP contribution in [-0.2, 0) is 26.2 Å². The third-order valence-electron chi connectivity index (χ3n) is 7.89. The predicted molar refractivity (Wildman–Crippen MR) is 155 cm³/mol. The molecule has 0 aliphatic carbocycles. The highest BCUT2D eigenvalue weighted by atomic mass is 16.5. The van der Waals surface area contributed by atoms with Gasteiger partial charge in [0.25, 0.3) is 5.91 Å². The molecule has 2 atom stereocenters. The van der Waals surface area contributed by atoms with Crippen molar-refractivity contribution in [1.29, 1.82) is 0 Å². The molecule has 4 N–H and O–H groups in total. The second kappa shape index (κ2) is 13.8. The molecule has 0 heterocycles. The van der Waals surface area contributed by atoms with Crippen LogP contribution < -0.4 is 10.1 Å². The number of benzene rings is 2. The second-order valence-electron chi connectivity index (χ2n) is 11.7. The van der Waals surface area contributed by atoms with E-state index < -0.39 is 36.9 Å². The van der Waals surface area contributed by atoms with Crippen LogP contribution in [0.3, 0.4) is 0 Å². The Morgan fingerprint density at radius 3 is 1.98 bits per heavy atom. The van der Waals surface area contributed by atoms with Gasteiger partial charge in [-0.3, -0.25) is 9.59 Å². The summed E-state index contributed by atoms with van der Waals surface area (Å²) in [6.07, 6.45) is 2.21. The zero-order valence-corrected chi connectivity index (χ0v) is 24.8. The van der Waals surface area contributed by atoms with Crippen LogP contribution in [0.1, 0.15) is 88.1 Å². The first kappa shape index (κ1) is 32.8. The average Bonchev–Trinajstić information content (AvgIpc) is 2.87. The first-order valence-electron chi connectivity index (χ1n) is 13.9. The highest BCUT2D eigenvalue weighted by Crippen LogP contribution is 2.41. The number of nitrogens with one attached hydrogen (secondary N) is 1. The molecule has 40 heavy (non-hydrogen) atoms. The number of aliphatic hydroxyl groups is 1. The first-order valence-corrected chi connectivity index (χ1v) is 13.9. The molecule has 0 radical (unpaired) electrons. The van der Waals surface area contributed by atoms with Gasteiger partial charge in [0, 0.05) is 5.41 Å². The largest absolute Gasteiger partial charge is 0.484 e. The van der Waals surface area contributed by atoms with E-state index in [0.717, 1.165) is 30.4 Å². The Hall–Kier alpha value is -3.39. The molecule has 220 valence electrons. The molecule has 2 rings (SSSR count). The Bertz CT molecular complexity index is 1190. The lowest BCUT2D eigenvalue weighted by Gasteiger charge is -2.34. The molecule has 8 heteroatoms. The second-order valence-corrected chi connectivity index (χ2v) is 11.7. The summed E-state index contributed by atoms with van der Waals surface area (Å²) in [6, 6.07) is 11.0. The van der Waals surface area contributed by atoms with Gasteiger partial charge < -0.3 is 25.4 Å². The van der Waals surface area contributed by atoms with Crippen LogP contribution in [0.15, 0.2) is 36.4 Å². The number of ether oxygens (including phenoxy) is 1. The Morgan fingerprint density at radius 1 is 0.925 bits per heavy atom. The molecule has 0 bridgehead atoms. The molecule has 8 nitrogen and oxygen atoms in total. The number of hydrogen-bond acceptors (Lipinski definition) is 5. The summed E-state index contributed by atoms with van der Waals surface area (Å²) in [6.45, 7) is 14.1. The van der Waals surface area contributed by atoms with Crippen LogP contribution in [-0.4, -0.2) is 51.9 Å². The van der Waals surface area contributed by atoms with E-state index in [0.29, 0.717) is 12.2 Å². The maximum Gasteiger partial charge on any atom is 0.326 e. The molecular weight excluding hydrogens is 510 g/mol. The minimum absolute atomic E-state index is 0.147. The Kier molecular flexibility index (Phi) is 11.3. The van der Waals surface area contributed by atoms with Gasteiger partial charge in [0.15, 0.2) is 6.61 Å². The van der Waals surface area contributed by atoms with Crippen LogP contribution in [0.4, 0.5) is 0 Å². The predicted octanol–water partition coefficient (Wildman–Crippen LogP) is 5.17. The van der Waals surface area contributed by atoms with Crippen LogP contribution in [0.2, 0.25) is 0 Å². The number of hydrogen-bond donors (Lipinski definition) is 4. The highest BCUT2D eigenvalue weighted by Gasteiger charge is 2.32. The van der Waals surface area contributed by atoms with Gasteiger partial charge in [0.2, 0.25) is 0 Å². The zero-order chi connectivity index (χ0) is 30.3.